The molecule has 1 saturated heterocycles. The predicted octanol–water partition coefficient (Wildman–Crippen LogP) is 4.43. The number of anilines is 1. The molecule has 1 aliphatic rings. The number of carbonyl (C=O) groups is 1. The molecule has 5 heteroatoms. The summed E-state index contributed by atoms with van der Waals surface area (Å²) >= 11 is 0. The Bertz CT molecular complexity index is 981. The van der Waals surface area contributed by atoms with Crippen LogP contribution in [0.15, 0.2) is 48.8 Å². The van der Waals surface area contributed by atoms with Gasteiger partial charge in [-0.3, -0.25) is 9.89 Å². The van der Waals surface area contributed by atoms with Crippen LogP contribution in [0, 0.1) is 25.6 Å². The third-order valence-electron chi connectivity index (χ3n) is 5.42. The van der Waals surface area contributed by atoms with Crippen molar-refractivity contribution in [2.75, 3.05) is 11.4 Å². The van der Waals surface area contributed by atoms with Crippen molar-refractivity contribution in [3.05, 3.63) is 71.3 Å². The minimum atomic E-state index is -0.247. The zero-order chi connectivity index (χ0) is 19.0. The Morgan fingerprint density at radius 2 is 2.04 bits per heavy atom. The highest BCUT2D eigenvalue weighted by molar-refractivity contribution is 5.97. The monoisotopic (exact) mass is 363 g/mol. The van der Waals surface area contributed by atoms with E-state index >= 15 is 0 Å². The summed E-state index contributed by atoms with van der Waals surface area (Å²) in [6, 6.07) is 10.9. The molecule has 1 aliphatic heterocycles. The molecule has 1 atom stereocenters. The number of aryl methyl sites for hydroxylation is 2. The molecule has 0 bridgehead atoms. The second-order valence-corrected chi connectivity index (χ2v) is 7.24. The van der Waals surface area contributed by atoms with Crippen molar-refractivity contribution >= 4 is 11.6 Å². The summed E-state index contributed by atoms with van der Waals surface area (Å²) in [5.41, 5.74) is 6.11. The summed E-state index contributed by atoms with van der Waals surface area (Å²) in [5, 5.41) is 6.83. The van der Waals surface area contributed by atoms with E-state index in [1.165, 1.54) is 6.07 Å². The number of carbonyl (C=O) groups excluding carboxylic acids is 1. The van der Waals surface area contributed by atoms with Crippen molar-refractivity contribution in [1.82, 2.24) is 10.2 Å². The van der Waals surface area contributed by atoms with Gasteiger partial charge in [-0.15, -0.1) is 0 Å². The summed E-state index contributed by atoms with van der Waals surface area (Å²) in [6.45, 7) is 4.70. The maximum atomic E-state index is 13.6. The van der Waals surface area contributed by atoms with E-state index in [2.05, 4.69) is 16.3 Å². The highest BCUT2D eigenvalue weighted by atomic mass is 19.1. The van der Waals surface area contributed by atoms with Gasteiger partial charge in [-0.25, -0.2) is 4.39 Å². The lowest BCUT2D eigenvalue weighted by molar-refractivity contribution is -0.120. The number of benzene rings is 2. The summed E-state index contributed by atoms with van der Waals surface area (Å²) in [4.78, 5) is 14.8. The first-order valence-corrected chi connectivity index (χ1v) is 9.19. The summed E-state index contributed by atoms with van der Waals surface area (Å²) in [6.07, 6.45) is 5.03. The first kappa shape index (κ1) is 17.5. The van der Waals surface area contributed by atoms with E-state index in [0.717, 1.165) is 39.9 Å². The smallest absolute Gasteiger partial charge is 0.230 e. The molecule has 4 nitrogen and oxygen atoms in total. The Morgan fingerprint density at radius 3 is 2.78 bits per heavy atom. The van der Waals surface area contributed by atoms with Crippen LogP contribution < -0.4 is 4.90 Å². The van der Waals surface area contributed by atoms with Crippen molar-refractivity contribution in [2.24, 2.45) is 5.92 Å². The van der Waals surface area contributed by atoms with Crippen molar-refractivity contribution in [3.63, 3.8) is 0 Å². The van der Waals surface area contributed by atoms with Crippen LogP contribution in [0.25, 0.3) is 11.1 Å². The van der Waals surface area contributed by atoms with Crippen LogP contribution in [-0.2, 0) is 11.2 Å². The van der Waals surface area contributed by atoms with Crippen LogP contribution in [0.3, 0.4) is 0 Å². The van der Waals surface area contributed by atoms with Gasteiger partial charge in [0.25, 0.3) is 0 Å². The van der Waals surface area contributed by atoms with Crippen molar-refractivity contribution in [3.8, 4) is 11.1 Å². The maximum Gasteiger partial charge on any atom is 0.230 e. The lowest BCUT2D eigenvalue weighted by atomic mass is 9.95. The molecular formula is C22H22FN3O. The van der Waals surface area contributed by atoms with Crippen molar-refractivity contribution in [2.45, 2.75) is 26.7 Å². The number of hydrogen-bond acceptors (Lipinski definition) is 2. The second-order valence-electron chi connectivity index (χ2n) is 7.24. The van der Waals surface area contributed by atoms with Crippen LogP contribution in [0.5, 0.6) is 0 Å². The fourth-order valence-electron chi connectivity index (χ4n) is 3.85. The van der Waals surface area contributed by atoms with Crippen LogP contribution in [0.1, 0.15) is 23.1 Å². The molecule has 0 spiro atoms. The van der Waals surface area contributed by atoms with Crippen LogP contribution in [0.2, 0.25) is 0 Å². The van der Waals surface area contributed by atoms with Crippen LogP contribution in [-0.4, -0.2) is 22.6 Å². The fourth-order valence-corrected chi connectivity index (χ4v) is 3.85. The van der Waals surface area contributed by atoms with Gasteiger partial charge in [0.15, 0.2) is 0 Å². The lowest BCUT2D eigenvalue weighted by Gasteiger charge is -2.19. The molecule has 1 unspecified atom stereocenters. The van der Waals surface area contributed by atoms with Crippen molar-refractivity contribution in [1.29, 1.82) is 0 Å². The van der Waals surface area contributed by atoms with Gasteiger partial charge in [0.1, 0.15) is 5.82 Å². The number of rotatable bonds is 4. The molecule has 138 valence electrons. The second kappa shape index (κ2) is 6.99. The molecule has 1 N–H and O–H groups in total. The number of hydrogen-bond donors (Lipinski definition) is 1. The molecule has 2 aromatic carbocycles. The number of nitrogens with zero attached hydrogens (tertiary/aromatic N) is 2. The van der Waals surface area contributed by atoms with Gasteiger partial charge in [0.05, 0.1) is 6.20 Å². The predicted molar refractivity (Wildman–Crippen MR) is 104 cm³/mol. The van der Waals surface area contributed by atoms with Gasteiger partial charge in [-0.1, -0.05) is 12.1 Å². The van der Waals surface area contributed by atoms with Crippen LogP contribution >= 0.6 is 0 Å². The van der Waals surface area contributed by atoms with E-state index in [1.54, 1.807) is 18.3 Å². The molecule has 1 fully saturated rings. The van der Waals surface area contributed by atoms with Crippen LogP contribution in [0.4, 0.5) is 10.1 Å². The Labute approximate surface area is 158 Å². The van der Waals surface area contributed by atoms with Crippen molar-refractivity contribution < 1.29 is 9.18 Å². The first-order valence-electron chi connectivity index (χ1n) is 9.19. The maximum absolute atomic E-state index is 13.6. The number of aromatic amines is 1. The summed E-state index contributed by atoms with van der Waals surface area (Å²) in [7, 11) is 0. The number of nitrogens with one attached hydrogen (secondary N) is 1. The summed E-state index contributed by atoms with van der Waals surface area (Å²) < 4.78 is 13.6. The van der Waals surface area contributed by atoms with Gasteiger partial charge >= 0.3 is 0 Å². The molecule has 27 heavy (non-hydrogen) atoms. The molecule has 1 amide bonds. The first-order chi connectivity index (χ1) is 13.0. The molecule has 0 radical (unpaired) electrons. The van der Waals surface area contributed by atoms with Gasteiger partial charge in [-0.05, 0) is 73.2 Å². The van der Waals surface area contributed by atoms with E-state index in [-0.39, 0.29) is 17.6 Å². The average Bonchev–Trinajstić information content (AvgIpc) is 3.29. The van der Waals surface area contributed by atoms with E-state index < -0.39 is 0 Å². The quantitative estimate of drug-likeness (QED) is 0.745. The van der Waals surface area contributed by atoms with Gasteiger partial charge in [0.2, 0.25) is 5.91 Å². The Hall–Kier alpha value is -2.95. The SMILES string of the molecule is Cc1ccc(F)cc1CC1CCN(c2ccc(-c3cn[nH]c3)c(C)c2)C1=O. The zero-order valence-electron chi connectivity index (χ0n) is 15.5. The molecule has 3 aromatic rings. The Morgan fingerprint density at radius 1 is 1.19 bits per heavy atom. The lowest BCUT2D eigenvalue weighted by Crippen LogP contribution is -2.27. The minimum Gasteiger partial charge on any atom is -0.312 e. The Balaban J connectivity index is 1.53. The molecular weight excluding hydrogens is 341 g/mol. The highest BCUT2D eigenvalue weighted by Crippen LogP contribution is 2.32. The Kier molecular flexibility index (Phi) is 4.52. The van der Waals surface area contributed by atoms with E-state index in [0.29, 0.717) is 13.0 Å². The number of aromatic nitrogens is 2. The minimum absolute atomic E-state index is 0.0978. The van der Waals surface area contributed by atoms with E-state index in [9.17, 15) is 9.18 Å². The zero-order valence-corrected chi connectivity index (χ0v) is 15.5. The molecule has 1 aromatic heterocycles. The van der Waals surface area contributed by atoms with E-state index in [4.69, 9.17) is 0 Å². The van der Waals surface area contributed by atoms with Gasteiger partial charge in [0, 0.05) is 29.9 Å². The normalized spacial score (nSPS) is 16.9. The molecule has 2 heterocycles. The third-order valence-corrected chi connectivity index (χ3v) is 5.42. The average molecular weight is 363 g/mol. The van der Waals surface area contributed by atoms with Gasteiger partial charge < -0.3 is 4.90 Å². The molecule has 4 rings (SSSR count). The molecule has 0 aliphatic carbocycles. The largest absolute Gasteiger partial charge is 0.312 e. The topological polar surface area (TPSA) is 49.0 Å². The summed E-state index contributed by atoms with van der Waals surface area (Å²) in [5.74, 6) is -0.225. The highest BCUT2D eigenvalue weighted by Gasteiger charge is 2.33. The third kappa shape index (κ3) is 3.37. The number of halogens is 1. The number of H-pyrrole nitrogens is 1. The molecule has 0 saturated carbocycles. The van der Waals surface area contributed by atoms with Gasteiger partial charge in [-0.2, -0.15) is 5.10 Å². The fraction of sp³-hybridized carbons (Fsp3) is 0.273. The number of amides is 1. The van der Waals surface area contributed by atoms with E-state index in [1.807, 2.05) is 37.1 Å². The standard InChI is InChI=1S/C22H22FN3O/c1-14-3-4-19(23)11-17(14)10-16-7-8-26(22(16)27)20-5-6-21(15(2)9-20)18-12-24-25-13-18/h3-6,9,11-13,16H,7-8,10H2,1-2H3,(H,24,25).